The number of H-pyrrole nitrogens is 1. The fraction of sp³-hybridized carbons (Fsp3) is 0.200. The lowest BCUT2D eigenvalue weighted by atomic mass is 10.2. The number of carbonyl (C=O) groups is 1. The van der Waals surface area contributed by atoms with Gasteiger partial charge in [-0.1, -0.05) is 12.1 Å². The smallest absolute Gasteiger partial charge is 0.413 e. The number of aryl methyl sites for hydroxylation is 1. The van der Waals surface area contributed by atoms with Crippen LogP contribution in [0.4, 0.5) is 10.7 Å². The van der Waals surface area contributed by atoms with Crippen LogP contribution in [0.25, 0.3) is 11.0 Å². The van der Waals surface area contributed by atoms with Crippen molar-refractivity contribution in [1.29, 1.82) is 0 Å². The maximum atomic E-state index is 10.9. The monoisotopic (exact) mass is 205 g/mol. The van der Waals surface area contributed by atoms with E-state index in [0.29, 0.717) is 5.95 Å². The third kappa shape index (κ3) is 1.76. The molecule has 1 heterocycles. The van der Waals surface area contributed by atoms with Gasteiger partial charge >= 0.3 is 6.09 Å². The number of aromatic amines is 1. The summed E-state index contributed by atoms with van der Waals surface area (Å²) in [6.45, 7) is 1.97. The number of nitrogens with zero attached hydrogens (tertiary/aromatic N) is 1. The number of aromatic nitrogens is 2. The third-order valence-electron chi connectivity index (χ3n) is 2.13. The van der Waals surface area contributed by atoms with Crippen LogP contribution in [-0.4, -0.2) is 23.2 Å². The molecule has 1 aromatic heterocycles. The van der Waals surface area contributed by atoms with Gasteiger partial charge in [0.1, 0.15) is 0 Å². The number of fused-ring (bicyclic) bond motifs is 1. The summed E-state index contributed by atoms with van der Waals surface area (Å²) in [7, 11) is 1.31. The summed E-state index contributed by atoms with van der Waals surface area (Å²) in [6.07, 6.45) is -0.535. The summed E-state index contributed by atoms with van der Waals surface area (Å²) in [5, 5.41) is 2.48. The van der Waals surface area contributed by atoms with E-state index >= 15 is 0 Å². The zero-order valence-electron chi connectivity index (χ0n) is 8.50. The van der Waals surface area contributed by atoms with Gasteiger partial charge in [0.25, 0.3) is 0 Å². The first-order valence-electron chi connectivity index (χ1n) is 4.51. The standard InChI is InChI=1S/C10H11N3O2/c1-6-4-3-5-7-8(6)12-9(11-7)13-10(14)15-2/h3-5H,1-2H3,(H2,11,12,13,14). The lowest BCUT2D eigenvalue weighted by molar-refractivity contribution is 0.186. The molecule has 15 heavy (non-hydrogen) atoms. The number of anilines is 1. The highest BCUT2D eigenvalue weighted by Gasteiger charge is 2.07. The molecule has 0 spiro atoms. The molecule has 5 nitrogen and oxygen atoms in total. The van der Waals surface area contributed by atoms with Crippen LogP contribution < -0.4 is 5.32 Å². The molecule has 1 aromatic carbocycles. The zero-order valence-corrected chi connectivity index (χ0v) is 8.50. The second kappa shape index (κ2) is 3.61. The van der Waals surface area contributed by atoms with Crippen molar-refractivity contribution < 1.29 is 9.53 Å². The predicted octanol–water partition coefficient (Wildman–Crippen LogP) is 2.05. The molecule has 0 aliphatic carbocycles. The van der Waals surface area contributed by atoms with Gasteiger partial charge in [-0.25, -0.2) is 9.78 Å². The molecule has 0 aliphatic rings. The fourth-order valence-corrected chi connectivity index (χ4v) is 1.38. The van der Waals surface area contributed by atoms with E-state index in [9.17, 15) is 4.79 Å². The lowest BCUT2D eigenvalue weighted by Crippen LogP contribution is -2.11. The fourth-order valence-electron chi connectivity index (χ4n) is 1.38. The number of ether oxygens (including phenoxy) is 1. The number of hydrogen-bond donors (Lipinski definition) is 2. The molecule has 0 saturated carbocycles. The maximum Gasteiger partial charge on any atom is 0.413 e. The van der Waals surface area contributed by atoms with Crippen molar-refractivity contribution in [2.24, 2.45) is 0 Å². The largest absolute Gasteiger partial charge is 0.453 e. The number of amides is 1. The molecule has 0 fully saturated rings. The summed E-state index contributed by atoms with van der Waals surface area (Å²) < 4.78 is 4.47. The Labute approximate surface area is 86.5 Å². The number of benzene rings is 1. The summed E-state index contributed by atoms with van der Waals surface area (Å²) in [5.74, 6) is 0.395. The molecule has 0 atom stereocenters. The Hall–Kier alpha value is -2.04. The Kier molecular flexibility index (Phi) is 2.29. The Balaban J connectivity index is 2.39. The SMILES string of the molecule is COC(=O)Nc1nc2cccc(C)c2[nH]1. The highest BCUT2D eigenvalue weighted by atomic mass is 16.5. The minimum atomic E-state index is -0.535. The number of methoxy groups -OCH3 is 1. The number of imidazole rings is 1. The highest BCUT2D eigenvalue weighted by Crippen LogP contribution is 2.17. The second-order valence-electron chi connectivity index (χ2n) is 3.17. The summed E-state index contributed by atoms with van der Waals surface area (Å²) in [4.78, 5) is 18.1. The van der Waals surface area contributed by atoms with Crippen molar-refractivity contribution in [3.63, 3.8) is 0 Å². The van der Waals surface area contributed by atoms with Gasteiger partial charge < -0.3 is 9.72 Å². The van der Waals surface area contributed by atoms with E-state index in [2.05, 4.69) is 20.0 Å². The molecule has 0 aliphatic heterocycles. The number of para-hydroxylation sites is 1. The number of carbonyl (C=O) groups excluding carboxylic acids is 1. The average Bonchev–Trinajstić information content (AvgIpc) is 2.62. The lowest BCUT2D eigenvalue weighted by Gasteiger charge is -1.97. The Morgan fingerprint density at radius 2 is 2.33 bits per heavy atom. The van der Waals surface area contributed by atoms with Crippen LogP contribution in [0.5, 0.6) is 0 Å². The molecular formula is C10H11N3O2. The van der Waals surface area contributed by atoms with Crippen LogP contribution in [0.2, 0.25) is 0 Å². The molecule has 2 N–H and O–H groups in total. The van der Waals surface area contributed by atoms with Gasteiger partial charge in [0.05, 0.1) is 18.1 Å². The first kappa shape index (κ1) is 9.51. The van der Waals surface area contributed by atoms with Crippen LogP contribution >= 0.6 is 0 Å². The van der Waals surface area contributed by atoms with Crippen LogP contribution in [0.3, 0.4) is 0 Å². The van der Waals surface area contributed by atoms with Crippen LogP contribution in [0, 0.1) is 6.92 Å². The third-order valence-corrected chi connectivity index (χ3v) is 2.13. The van der Waals surface area contributed by atoms with E-state index < -0.39 is 6.09 Å². The summed E-state index contributed by atoms with van der Waals surface area (Å²) in [6, 6.07) is 5.77. The van der Waals surface area contributed by atoms with Gasteiger partial charge in [-0.3, -0.25) is 5.32 Å². The van der Waals surface area contributed by atoms with E-state index in [4.69, 9.17) is 0 Å². The minimum Gasteiger partial charge on any atom is -0.453 e. The molecule has 0 saturated heterocycles. The van der Waals surface area contributed by atoms with Crippen molar-refractivity contribution in [2.75, 3.05) is 12.4 Å². The van der Waals surface area contributed by atoms with E-state index in [1.807, 2.05) is 25.1 Å². The van der Waals surface area contributed by atoms with Crippen molar-refractivity contribution in [3.8, 4) is 0 Å². The van der Waals surface area contributed by atoms with Crippen molar-refractivity contribution in [3.05, 3.63) is 23.8 Å². The average molecular weight is 205 g/mol. The molecule has 2 rings (SSSR count). The van der Waals surface area contributed by atoms with Gasteiger partial charge in [-0.05, 0) is 18.6 Å². The molecule has 78 valence electrons. The molecule has 5 heteroatoms. The number of hydrogen-bond acceptors (Lipinski definition) is 3. The minimum absolute atomic E-state index is 0.395. The van der Waals surface area contributed by atoms with Crippen LogP contribution in [0.15, 0.2) is 18.2 Å². The molecule has 0 radical (unpaired) electrons. The zero-order chi connectivity index (χ0) is 10.8. The van der Waals surface area contributed by atoms with E-state index in [1.54, 1.807) is 0 Å². The molecule has 1 amide bonds. The molecule has 2 aromatic rings. The van der Waals surface area contributed by atoms with Crippen molar-refractivity contribution in [1.82, 2.24) is 9.97 Å². The quantitative estimate of drug-likeness (QED) is 0.748. The number of nitrogens with one attached hydrogen (secondary N) is 2. The maximum absolute atomic E-state index is 10.9. The summed E-state index contributed by atoms with van der Waals surface area (Å²) in [5.41, 5.74) is 2.82. The Morgan fingerprint density at radius 3 is 3.00 bits per heavy atom. The first-order chi connectivity index (χ1) is 7.20. The topological polar surface area (TPSA) is 67.0 Å². The highest BCUT2D eigenvalue weighted by molar-refractivity contribution is 5.87. The molecule has 0 bridgehead atoms. The molecular weight excluding hydrogens is 194 g/mol. The Morgan fingerprint density at radius 1 is 1.53 bits per heavy atom. The molecule has 0 unspecified atom stereocenters. The van der Waals surface area contributed by atoms with E-state index in [0.717, 1.165) is 16.6 Å². The van der Waals surface area contributed by atoms with E-state index in [1.165, 1.54) is 7.11 Å². The van der Waals surface area contributed by atoms with E-state index in [-0.39, 0.29) is 0 Å². The number of rotatable bonds is 1. The van der Waals surface area contributed by atoms with Crippen LogP contribution in [0.1, 0.15) is 5.56 Å². The van der Waals surface area contributed by atoms with Crippen LogP contribution in [-0.2, 0) is 4.74 Å². The Bertz CT molecular complexity index is 504. The summed E-state index contributed by atoms with van der Waals surface area (Å²) >= 11 is 0. The van der Waals surface area contributed by atoms with Gasteiger partial charge in [0.15, 0.2) is 0 Å². The van der Waals surface area contributed by atoms with Gasteiger partial charge in [-0.2, -0.15) is 0 Å². The second-order valence-corrected chi connectivity index (χ2v) is 3.17. The first-order valence-corrected chi connectivity index (χ1v) is 4.51. The van der Waals surface area contributed by atoms with Gasteiger partial charge in [-0.15, -0.1) is 0 Å². The predicted molar refractivity (Wildman–Crippen MR) is 56.9 cm³/mol. The van der Waals surface area contributed by atoms with Crippen molar-refractivity contribution >= 4 is 23.1 Å². The van der Waals surface area contributed by atoms with Gasteiger partial charge in [0.2, 0.25) is 5.95 Å². The normalized spacial score (nSPS) is 10.3. The van der Waals surface area contributed by atoms with Crippen molar-refractivity contribution in [2.45, 2.75) is 6.92 Å². The van der Waals surface area contributed by atoms with Gasteiger partial charge in [0, 0.05) is 0 Å².